The second kappa shape index (κ2) is 10.7. The monoisotopic (exact) mass is 402 g/mol. The number of ether oxygens (including phenoxy) is 1. The average Bonchev–Trinajstić information content (AvgIpc) is 2.71. The summed E-state index contributed by atoms with van der Waals surface area (Å²) < 4.78 is 5.65. The lowest BCUT2D eigenvalue weighted by Crippen LogP contribution is -2.49. The fourth-order valence-electron chi connectivity index (χ4n) is 2.69. The van der Waals surface area contributed by atoms with Crippen molar-refractivity contribution in [3.8, 4) is 5.75 Å². The summed E-state index contributed by atoms with van der Waals surface area (Å²) >= 11 is 6.03. The molecule has 28 heavy (non-hydrogen) atoms. The highest BCUT2D eigenvalue weighted by Crippen LogP contribution is 2.21. The highest BCUT2D eigenvalue weighted by Gasteiger charge is 2.26. The first kappa shape index (κ1) is 21.8. The van der Waals surface area contributed by atoms with Gasteiger partial charge >= 0.3 is 0 Å². The molecular formula is C22H27ClN2O3. The summed E-state index contributed by atoms with van der Waals surface area (Å²) in [6.07, 6.45) is 0.837. The molecule has 2 aromatic carbocycles. The predicted molar refractivity (Wildman–Crippen MR) is 111 cm³/mol. The zero-order valence-electron chi connectivity index (χ0n) is 16.6. The van der Waals surface area contributed by atoms with E-state index in [4.69, 9.17) is 16.3 Å². The maximum atomic E-state index is 12.9. The Hall–Kier alpha value is -2.53. The number of carbonyl (C=O) groups excluding carboxylic acids is 2. The average molecular weight is 403 g/mol. The van der Waals surface area contributed by atoms with E-state index in [-0.39, 0.29) is 18.4 Å². The summed E-state index contributed by atoms with van der Waals surface area (Å²) in [5.74, 6) is 0.141. The summed E-state index contributed by atoms with van der Waals surface area (Å²) in [6.45, 7) is 6.36. The minimum atomic E-state index is -0.602. The van der Waals surface area contributed by atoms with E-state index in [2.05, 4.69) is 5.32 Å². The number of rotatable bonds is 9. The van der Waals surface area contributed by atoms with Gasteiger partial charge in [0.2, 0.25) is 5.91 Å². The zero-order valence-corrected chi connectivity index (χ0v) is 17.3. The molecule has 0 saturated heterocycles. The Morgan fingerprint density at radius 3 is 2.54 bits per heavy atom. The van der Waals surface area contributed by atoms with Crippen molar-refractivity contribution < 1.29 is 14.3 Å². The van der Waals surface area contributed by atoms with Gasteiger partial charge in [0.15, 0.2) is 6.61 Å². The summed E-state index contributed by atoms with van der Waals surface area (Å²) in [5.41, 5.74) is 1.83. The number of aryl methyl sites for hydroxylation is 1. The van der Waals surface area contributed by atoms with Crippen LogP contribution in [0.3, 0.4) is 0 Å². The third-order valence-electron chi connectivity index (χ3n) is 4.40. The molecule has 0 aliphatic rings. The molecule has 0 aliphatic heterocycles. The summed E-state index contributed by atoms with van der Waals surface area (Å²) in [5, 5.41) is 3.50. The Balaban J connectivity index is 2.10. The lowest BCUT2D eigenvalue weighted by atomic mass is 10.1. The van der Waals surface area contributed by atoms with Crippen molar-refractivity contribution in [2.24, 2.45) is 0 Å². The van der Waals surface area contributed by atoms with Crippen molar-refractivity contribution in [3.63, 3.8) is 0 Å². The van der Waals surface area contributed by atoms with E-state index < -0.39 is 6.04 Å². The van der Waals surface area contributed by atoms with Crippen molar-refractivity contribution >= 4 is 23.4 Å². The van der Waals surface area contributed by atoms with Gasteiger partial charge in [0.1, 0.15) is 11.8 Å². The summed E-state index contributed by atoms with van der Waals surface area (Å²) in [7, 11) is 0. The van der Waals surface area contributed by atoms with Gasteiger partial charge in [-0.15, -0.1) is 0 Å². The summed E-state index contributed by atoms with van der Waals surface area (Å²) in [6, 6.07) is 14.2. The Kier molecular flexibility index (Phi) is 8.33. The van der Waals surface area contributed by atoms with Crippen LogP contribution in [0.1, 0.15) is 31.4 Å². The Morgan fingerprint density at radius 2 is 1.89 bits per heavy atom. The van der Waals surface area contributed by atoms with Crippen LogP contribution in [-0.2, 0) is 16.1 Å². The molecule has 2 aromatic rings. The molecule has 5 nitrogen and oxygen atoms in total. The van der Waals surface area contributed by atoms with Gasteiger partial charge in [0.25, 0.3) is 5.91 Å². The first-order valence-corrected chi connectivity index (χ1v) is 9.80. The van der Waals surface area contributed by atoms with Crippen LogP contribution in [0.5, 0.6) is 5.75 Å². The van der Waals surface area contributed by atoms with Crippen LogP contribution in [0.4, 0.5) is 0 Å². The van der Waals surface area contributed by atoms with Gasteiger partial charge in [-0.1, -0.05) is 48.9 Å². The van der Waals surface area contributed by atoms with Crippen LogP contribution in [0.2, 0.25) is 5.02 Å². The van der Waals surface area contributed by atoms with Gasteiger partial charge in [-0.2, -0.15) is 0 Å². The topological polar surface area (TPSA) is 58.6 Å². The first-order valence-electron chi connectivity index (χ1n) is 9.42. The van der Waals surface area contributed by atoms with Crippen molar-refractivity contribution in [2.75, 3.05) is 13.2 Å². The Labute approximate surface area is 171 Å². The number of nitrogens with zero attached hydrogens (tertiary/aromatic N) is 1. The van der Waals surface area contributed by atoms with E-state index in [1.54, 1.807) is 30.0 Å². The van der Waals surface area contributed by atoms with E-state index in [1.807, 2.05) is 44.2 Å². The van der Waals surface area contributed by atoms with E-state index in [1.165, 1.54) is 0 Å². The first-order chi connectivity index (χ1) is 13.4. The van der Waals surface area contributed by atoms with Gasteiger partial charge < -0.3 is 15.0 Å². The molecule has 0 radical (unpaired) electrons. The second-order valence-electron chi connectivity index (χ2n) is 6.67. The molecule has 0 fully saturated rings. The molecule has 150 valence electrons. The number of carbonyl (C=O) groups is 2. The third kappa shape index (κ3) is 6.27. The molecule has 0 saturated carbocycles. The fraction of sp³-hybridized carbons (Fsp3) is 0.364. The molecule has 1 N–H and O–H groups in total. The van der Waals surface area contributed by atoms with Crippen LogP contribution in [0, 0.1) is 6.92 Å². The Morgan fingerprint density at radius 1 is 1.18 bits per heavy atom. The highest BCUT2D eigenvalue weighted by molar-refractivity contribution is 6.31. The number of hydrogen-bond acceptors (Lipinski definition) is 3. The number of halogens is 1. The maximum absolute atomic E-state index is 12.9. The molecule has 0 aromatic heterocycles. The van der Waals surface area contributed by atoms with Crippen LogP contribution in [0.25, 0.3) is 0 Å². The molecule has 0 unspecified atom stereocenters. The van der Waals surface area contributed by atoms with Crippen molar-refractivity contribution in [2.45, 2.75) is 39.8 Å². The van der Waals surface area contributed by atoms with Gasteiger partial charge in [-0.05, 0) is 49.6 Å². The molecule has 2 amide bonds. The number of hydrogen-bond donors (Lipinski definition) is 1. The molecule has 1 atom stereocenters. The number of amides is 2. The minimum Gasteiger partial charge on any atom is -0.484 e. The van der Waals surface area contributed by atoms with E-state index in [0.29, 0.717) is 23.9 Å². The fourth-order valence-corrected chi connectivity index (χ4v) is 2.81. The lowest BCUT2D eigenvalue weighted by Gasteiger charge is -2.28. The molecule has 0 heterocycles. The zero-order chi connectivity index (χ0) is 20.5. The van der Waals surface area contributed by atoms with Crippen LogP contribution in [-0.4, -0.2) is 35.9 Å². The molecule has 0 bridgehead atoms. The molecule has 2 rings (SSSR count). The summed E-state index contributed by atoms with van der Waals surface area (Å²) in [4.78, 5) is 26.9. The normalized spacial score (nSPS) is 11.6. The number of nitrogens with one attached hydrogen (secondary N) is 1. The highest BCUT2D eigenvalue weighted by atomic mass is 35.5. The second-order valence-corrected chi connectivity index (χ2v) is 7.08. The largest absolute Gasteiger partial charge is 0.484 e. The maximum Gasteiger partial charge on any atom is 0.261 e. The predicted octanol–water partition coefficient (Wildman–Crippen LogP) is 3.97. The molecule has 0 spiro atoms. The minimum absolute atomic E-state index is 0.153. The van der Waals surface area contributed by atoms with E-state index in [9.17, 15) is 9.59 Å². The standard InChI is InChI=1S/C22H27ClN2O3/c1-4-12-24-22(27)17(3)25(14-18-8-6-5-7-9-18)21(26)15-28-19-10-11-20(23)16(2)13-19/h5-11,13,17H,4,12,14-15H2,1-3H3,(H,24,27)/t17-/m1/s1. The molecule has 0 aliphatic carbocycles. The third-order valence-corrected chi connectivity index (χ3v) is 4.83. The van der Waals surface area contributed by atoms with E-state index in [0.717, 1.165) is 17.5 Å². The smallest absolute Gasteiger partial charge is 0.261 e. The van der Waals surface area contributed by atoms with Crippen LogP contribution >= 0.6 is 11.6 Å². The van der Waals surface area contributed by atoms with Crippen molar-refractivity contribution in [3.05, 3.63) is 64.7 Å². The quantitative estimate of drug-likeness (QED) is 0.690. The van der Waals surface area contributed by atoms with Crippen molar-refractivity contribution in [1.82, 2.24) is 10.2 Å². The van der Waals surface area contributed by atoms with E-state index >= 15 is 0 Å². The molecule has 6 heteroatoms. The SMILES string of the molecule is CCCNC(=O)[C@@H](C)N(Cc1ccccc1)C(=O)COc1ccc(Cl)c(C)c1. The van der Waals surface area contributed by atoms with Gasteiger partial charge in [-0.25, -0.2) is 0 Å². The van der Waals surface area contributed by atoms with Gasteiger partial charge in [-0.3, -0.25) is 9.59 Å². The van der Waals surface area contributed by atoms with Crippen LogP contribution in [0.15, 0.2) is 48.5 Å². The Bertz CT molecular complexity index is 796. The van der Waals surface area contributed by atoms with Gasteiger partial charge in [0, 0.05) is 18.1 Å². The number of benzene rings is 2. The van der Waals surface area contributed by atoms with Crippen molar-refractivity contribution in [1.29, 1.82) is 0 Å². The van der Waals surface area contributed by atoms with Crippen LogP contribution < -0.4 is 10.1 Å². The molecular weight excluding hydrogens is 376 g/mol. The van der Waals surface area contributed by atoms with Gasteiger partial charge in [0.05, 0.1) is 0 Å². The lowest BCUT2D eigenvalue weighted by molar-refractivity contribution is -0.142.